The lowest BCUT2D eigenvalue weighted by molar-refractivity contribution is 0.0324. The fourth-order valence-corrected chi connectivity index (χ4v) is 1.90. The summed E-state index contributed by atoms with van der Waals surface area (Å²) in [7, 11) is 0. The molecule has 21 heavy (non-hydrogen) atoms. The predicted molar refractivity (Wildman–Crippen MR) is 78.1 cm³/mol. The molecule has 0 fully saturated rings. The first-order valence-electron chi connectivity index (χ1n) is 7.41. The van der Waals surface area contributed by atoms with Gasteiger partial charge >= 0.3 is 0 Å². The van der Waals surface area contributed by atoms with Crippen LogP contribution in [0.15, 0.2) is 18.2 Å². The minimum absolute atomic E-state index is 0.499. The van der Waals surface area contributed by atoms with Crippen LogP contribution in [0.2, 0.25) is 0 Å². The second-order valence-corrected chi connectivity index (χ2v) is 4.70. The maximum atomic E-state index is 5.55. The molecule has 6 nitrogen and oxygen atoms in total. The molecule has 0 saturated heterocycles. The molecule has 0 saturated carbocycles. The van der Waals surface area contributed by atoms with Crippen LogP contribution in [0.5, 0.6) is 0 Å². The summed E-state index contributed by atoms with van der Waals surface area (Å²) in [5.41, 5.74) is 1.82. The van der Waals surface area contributed by atoms with E-state index in [1.807, 2.05) is 18.2 Å². The van der Waals surface area contributed by atoms with E-state index in [1.54, 1.807) is 0 Å². The lowest BCUT2D eigenvalue weighted by Gasteiger charge is -2.10. The van der Waals surface area contributed by atoms with Gasteiger partial charge in [-0.25, -0.2) is 0 Å². The molecule has 118 valence electrons. The van der Waals surface area contributed by atoms with Crippen LogP contribution in [0.4, 0.5) is 0 Å². The predicted octanol–water partition coefficient (Wildman–Crippen LogP) is 0.751. The topological polar surface area (TPSA) is 61.8 Å². The summed E-state index contributed by atoms with van der Waals surface area (Å²) in [6.45, 7) is 6.35. The van der Waals surface area contributed by atoms with E-state index in [4.69, 9.17) is 18.9 Å². The van der Waals surface area contributed by atoms with Gasteiger partial charge in [0, 0.05) is 13.1 Å². The van der Waals surface area contributed by atoms with Crippen molar-refractivity contribution < 1.29 is 18.9 Å². The molecule has 1 aromatic heterocycles. The van der Waals surface area contributed by atoms with Crippen molar-refractivity contribution in [2.75, 3.05) is 52.7 Å². The zero-order valence-electron chi connectivity index (χ0n) is 12.4. The number of nitrogens with zero attached hydrogens (tertiary/aromatic N) is 1. The number of rotatable bonds is 0. The smallest absolute Gasteiger partial charge is 0.0889 e. The van der Waals surface area contributed by atoms with Gasteiger partial charge in [-0.2, -0.15) is 0 Å². The van der Waals surface area contributed by atoms with Crippen LogP contribution in [0.3, 0.4) is 0 Å². The molecule has 0 aliphatic carbocycles. The summed E-state index contributed by atoms with van der Waals surface area (Å²) in [6.07, 6.45) is 0. The van der Waals surface area contributed by atoms with Crippen LogP contribution in [0.1, 0.15) is 11.4 Å². The monoisotopic (exact) mass is 296 g/mol. The zero-order chi connectivity index (χ0) is 14.6. The molecule has 1 N–H and O–H groups in total. The van der Waals surface area contributed by atoms with Crippen molar-refractivity contribution in [3.05, 3.63) is 29.6 Å². The van der Waals surface area contributed by atoms with Gasteiger partial charge in [-0.1, -0.05) is 6.07 Å². The number of nitrogens with one attached hydrogen (secondary N) is 1. The van der Waals surface area contributed by atoms with E-state index in [-0.39, 0.29) is 0 Å². The van der Waals surface area contributed by atoms with Crippen molar-refractivity contribution in [1.29, 1.82) is 0 Å². The summed E-state index contributed by atoms with van der Waals surface area (Å²) < 4.78 is 22.0. The molecule has 0 spiro atoms. The first kappa shape index (κ1) is 16.3. The van der Waals surface area contributed by atoms with Gasteiger partial charge in [0.25, 0.3) is 0 Å². The molecule has 0 atom stereocenters. The Morgan fingerprint density at radius 1 is 0.714 bits per heavy atom. The average Bonchev–Trinajstić information content (AvgIpc) is 2.51. The zero-order valence-corrected chi connectivity index (χ0v) is 12.4. The Balaban J connectivity index is 1.78. The quantitative estimate of drug-likeness (QED) is 0.762. The highest BCUT2D eigenvalue weighted by Gasteiger charge is 2.00. The Hall–Kier alpha value is -1.05. The van der Waals surface area contributed by atoms with Crippen molar-refractivity contribution in [2.24, 2.45) is 0 Å². The van der Waals surface area contributed by atoms with Gasteiger partial charge < -0.3 is 24.3 Å². The van der Waals surface area contributed by atoms with E-state index in [1.165, 1.54) is 0 Å². The molecule has 2 rings (SSSR count). The molecule has 0 unspecified atom stereocenters. The second-order valence-electron chi connectivity index (χ2n) is 4.70. The minimum Gasteiger partial charge on any atom is -0.378 e. The molecule has 0 amide bonds. The first-order valence-corrected chi connectivity index (χ1v) is 7.41. The Morgan fingerprint density at radius 2 is 1.24 bits per heavy atom. The minimum atomic E-state index is 0.499. The van der Waals surface area contributed by atoms with Crippen LogP contribution in [0, 0.1) is 0 Å². The third-order valence-electron chi connectivity index (χ3n) is 2.95. The van der Waals surface area contributed by atoms with E-state index in [2.05, 4.69) is 10.3 Å². The third kappa shape index (κ3) is 7.50. The second kappa shape index (κ2) is 10.6. The lowest BCUT2D eigenvalue weighted by Crippen LogP contribution is -2.25. The lowest BCUT2D eigenvalue weighted by atomic mass is 10.3. The first-order chi connectivity index (χ1) is 10.4. The number of aromatic nitrogens is 1. The van der Waals surface area contributed by atoms with Gasteiger partial charge in [-0.3, -0.25) is 4.98 Å². The van der Waals surface area contributed by atoms with Gasteiger partial charge in [-0.05, 0) is 12.1 Å². The van der Waals surface area contributed by atoms with Crippen molar-refractivity contribution >= 4 is 0 Å². The molecule has 6 heteroatoms. The summed E-state index contributed by atoms with van der Waals surface area (Å²) >= 11 is 0. The highest BCUT2D eigenvalue weighted by Crippen LogP contribution is 2.03. The van der Waals surface area contributed by atoms with Crippen LogP contribution in [0.25, 0.3) is 0 Å². The molecular formula is C15H24N2O4. The van der Waals surface area contributed by atoms with E-state index < -0.39 is 0 Å². The Bertz CT molecular complexity index is 358. The molecular weight excluding hydrogens is 272 g/mol. The fraction of sp³-hybridized carbons (Fsp3) is 0.667. The number of fused-ring (bicyclic) bond motifs is 2. The molecule has 1 aromatic rings. The normalized spacial score (nSPS) is 20.4. The summed E-state index contributed by atoms with van der Waals surface area (Å²) in [6, 6.07) is 5.88. The molecule has 1 aliphatic heterocycles. The van der Waals surface area contributed by atoms with E-state index in [9.17, 15) is 0 Å². The van der Waals surface area contributed by atoms with Crippen LogP contribution in [-0.2, 0) is 32.2 Å². The Morgan fingerprint density at radius 3 is 1.81 bits per heavy atom. The van der Waals surface area contributed by atoms with Crippen LogP contribution >= 0.6 is 0 Å². The number of hydrogen-bond acceptors (Lipinski definition) is 6. The highest BCUT2D eigenvalue weighted by atomic mass is 16.5. The number of ether oxygens (including phenoxy) is 4. The van der Waals surface area contributed by atoms with Gasteiger partial charge in [-0.15, -0.1) is 0 Å². The van der Waals surface area contributed by atoms with Gasteiger partial charge in [0.2, 0.25) is 0 Å². The highest BCUT2D eigenvalue weighted by molar-refractivity contribution is 5.09. The van der Waals surface area contributed by atoms with Crippen molar-refractivity contribution in [3.63, 3.8) is 0 Å². The summed E-state index contributed by atoms with van der Waals surface area (Å²) in [5.74, 6) is 0. The molecule has 2 bridgehead atoms. The average molecular weight is 296 g/mol. The van der Waals surface area contributed by atoms with Crippen LogP contribution < -0.4 is 5.32 Å². The summed E-state index contributed by atoms with van der Waals surface area (Å²) in [4.78, 5) is 4.49. The van der Waals surface area contributed by atoms with E-state index in [0.717, 1.165) is 24.5 Å². The fourth-order valence-electron chi connectivity index (χ4n) is 1.90. The molecule has 0 aromatic carbocycles. The maximum Gasteiger partial charge on any atom is 0.0889 e. The molecule has 2 heterocycles. The maximum absolute atomic E-state index is 5.55. The van der Waals surface area contributed by atoms with Crippen LogP contribution in [-0.4, -0.2) is 57.7 Å². The number of pyridine rings is 1. The van der Waals surface area contributed by atoms with E-state index in [0.29, 0.717) is 52.9 Å². The Kier molecular flexibility index (Phi) is 8.27. The SMILES string of the molecule is c1cc2nc(c1)COCCOCCNCCOCCOC2. The third-order valence-corrected chi connectivity index (χ3v) is 2.95. The van der Waals surface area contributed by atoms with E-state index >= 15 is 0 Å². The van der Waals surface area contributed by atoms with Gasteiger partial charge in [0.05, 0.1) is 64.2 Å². The van der Waals surface area contributed by atoms with Crippen molar-refractivity contribution in [2.45, 2.75) is 13.2 Å². The molecule has 1 aliphatic rings. The standard InChI is InChI=1S/C15H24N2O4/c1-2-14-12-20-10-8-18-6-4-16-5-7-19-9-11-21-13-15(3-1)17-14/h1-3,16H,4-13H2. The van der Waals surface area contributed by atoms with Crippen molar-refractivity contribution in [3.8, 4) is 0 Å². The molecule has 0 radical (unpaired) electrons. The van der Waals surface area contributed by atoms with Gasteiger partial charge in [0.15, 0.2) is 0 Å². The largest absolute Gasteiger partial charge is 0.378 e. The van der Waals surface area contributed by atoms with Crippen molar-refractivity contribution in [1.82, 2.24) is 10.3 Å². The summed E-state index contributed by atoms with van der Waals surface area (Å²) in [5, 5.41) is 3.25. The number of hydrogen-bond donors (Lipinski definition) is 1. The van der Waals surface area contributed by atoms with Gasteiger partial charge in [0.1, 0.15) is 0 Å². The Labute approximate surface area is 125 Å².